The fraction of sp³-hybridized carbons (Fsp3) is 0.500. The van der Waals surface area contributed by atoms with Gasteiger partial charge < -0.3 is 10.4 Å². The summed E-state index contributed by atoms with van der Waals surface area (Å²) in [5.74, 6) is -1.79. The van der Waals surface area contributed by atoms with Crippen LogP contribution >= 0.6 is 11.6 Å². The van der Waals surface area contributed by atoms with E-state index in [1.54, 1.807) is 13.0 Å². The molecule has 0 radical (unpaired) electrons. The molecule has 2 unspecified atom stereocenters. The van der Waals surface area contributed by atoms with Crippen LogP contribution in [-0.4, -0.2) is 27.5 Å². The number of carbonyl (C=O) groups excluding carboxylic acids is 1. The van der Waals surface area contributed by atoms with Crippen LogP contribution in [0.15, 0.2) is 18.3 Å². The van der Waals surface area contributed by atoms with E-state index in [2.05, 4.69) is 10.3 Å². The highest BCUT2D eigenvalue weighted by Gasteiger charge is 2.42. The number of halogens is 1. The number of aliphatic carboxylic acids is 1. The van der Waals surface area contributed by atoms with Gasteiger partial charge in [-0.3, -0.25) is 9.59 Å². The highest BCUT2D eigenvalue weighted by Crippen LogP contribution is 2.34. The zero-order valence-corrected chi connectivity index (χ0v) is 12.0. The summed E-state index contributed by atoms with van der Waals surface area (Å²) in [5, 5.41) is 12.6. The van der Waals surface area contributed by atoms with Crippen molar-refractivity contribution in [1.82, 2.24) is 10.3 Å². The number of pyridine rings is 1. The molecule has 1 aliphatic rings. The molecule has 1 amide bonds. The first-order valence-corrected chi connectivity index (χ1v) is 6.97. The fourth-order valence-electron chi connectivity index (χ4n) is 2.71. The van der Waals surface area contributed by atoms with Crippen molar-refractivity contribution >= 4 is 23.5 Å². The highest BCUT2D eigenvalue weighted by atomic mass is 35.5. The number of hydrogen-bond acceptors (Lipinski definition) is 3. The summed E-state index contributed by atoms with van der Waals surface area (Å²) < 4.78 is 0. The normalized spacial score (nSPS) is 26.0. The molecule has 0 aromatic carbocycles. The third kappa shape index (κ3) is 3.10. The van der Waals surface area contributed by atoms with Crippen LogP contribution in [0.3, 0.4) is 0 Å². The van der Waals surface area contributed by atoms with Crippen molar-refractivity contribution in [3.63, 3.8) is 0 Å². The first-order valence-electron chi connectivity index (χ1n) is 6.59. The van der Waals surface area contributed by atoms with Gasteiger partial charge in [-0.15, -0.1) is 0 Å². The number of nitrogens with zero attached hydrogens (tertiary/aromatic N) is 1. The lowest BCUT2D eigenvalue weighted by Gasteiger charge is -2.39. The molecule has 5 nitrogen and oxygen atoms in total. The van der Waals surface area contributed by atoms with Crippen molar-refractivity contribution < 1.29 is 14.7 Å². The van der Waals surface area contributed by atoms with Crippen LogP contribution in [0.5, 0.6) is 0 Å². The van der Waals surface area contributed by atoms with Gasteiger partial charge in [0, 0.05) is 6.20 Å². The lowest BCUT2D eigenvalue weighted by molar-refractivity contribution is -0.145. The first-order chi connectivity index (χ1) is 9.42. The molecule has 1 aromatic rings. The number of amides is 1. The van der Waals surface area contributed by atoms with Crippen molar-refractivity contribution in [2.24, 2.45) is 5.92 Å². The minimum atomic E-state index is -0.864. The lowest BCUT2D eigenvalue weighted by Crippen LogP contribution is -2.55. The van der Waals surface area contributed by atoms with Crippen LogP contribution in [0.1, 0.15) is 43.1 Å². The molecule has 1 heterocycles. The van der Waals surface area contributed by atoms with E-state index < -0.39 is 17.4 Å². The second kappa shape index (κ2) is 5.79. The fourth-order valence-corrected chi connectivity index (χ4v) is 2.82. The van der Waals surface area contributed by atoms with Gasteiger partial charge in [0.2, 0.25) is 0 Å². The molecular formula is C14H17ClN2O3. The van der Waals surface area contributed by atoms with E-state index in [4.69, 9.17) is 11.6 Å². The summed E-state index contributed by atoms with van der Waals surface area (Å²) in [6.45, 7) is 1.79. The summed E-state index contributed by atoms with van der Waals surface area (Å²) in [4.78, 5) is 27.5. The first kappa shape index (κ1) is 14.8. The monoisotopic (exact) mass is 296 g/mol. The van der Waals surface area contributed by atoms with Gasteiger partial charge in [0.15, 0.2) is 0 Å². The smallest absolute Gasteiger partial charge is 0.308 e. The second-order valence-corrected chi connectivity index (χ2v) is 5.81. The third-order valence-electron chi connectivity index (χ3n) is 3.87. The minimum Gasteiger partial charge on any atom is -0.481 e. The van der Waals surface area contributed by atoms with E-state index >= 15 is 0 Å². The summed E-state index contributed by atoms with van der Waals surface area (Å²) in [6, 6.07) is 3.11. The van der Waals surface area contributed by atoms with Crippen molar-refractivity contribution in [2.45, 2.75) is 38.1 Å². The molecule has 1 aromatic heterocycles. The lowest BCUT2D eigenvalue weighted by atomic mass is 9.74. The number of hydrogen-bond donors (Lipinski definition) is 2. The average Bonchev–Trinajstić information content (AvgIpc) is 2.39. The van der Waals surface area contributed by atoms with Crippen LogP contribution in [0.25, 0.3) is 0 Å². The van der Waals surface area contributed by atoms with Crippen LogP contribution in [0.2, 0.25) is 5.02 Å². The van der Waals surface area contributed by atoms with E-state index in [-0.39, 0.29) is 11.6 Å². The maximum atomic E-state index is 12.2. The van der Waals surface area contributed by atoms with Crippen LogP contribution in [0, 0.1) is 5.92 Å². The van der Waals surface area contributed by atoms with E-state index in [0.29, 0.717) is 17.9 Å². The molecule has 1 aliphatic carbocycles. The largest absolute Gasteiger partial charge is 0.481 e. The summed E-state index contributed by atoms with van der Waals surface area (Å²) in [5.41, 5.74) is -0.493. The molecule has 1 saturated carbocycles. The van der Waals surface area contributed by atoms with Crippen molar-refractivity contribution in [3.05, 3.63) is 29.0 Å². The third-order valence-corrected chi connectivity index (χ3v) is 4.09. The van der Waals surface area contributed by atoms with Crippen LogP contribution in [-0.2, 0) is 4.79 Å². The van der Waals surface area contributed by atoms with Crippen LogP contribution < -0.4 is 5.32 Å². The van der Waals surface area contributed by atoms with E-state index in [1.807, 2.05) is 0 Å². The second-order valence-electron chi connectivity index (χ2n) is 5.37. The summed E-state index contributed by atoms with van der Waals surface area (Å²) >= 11 is 5.73. The highest BCUT2D eigenvalue weighted by molar-refractivity contribution is 6.30. The Morgan fingerprint density at radius 2 is 2.20 bits per heavy atom. The van der Waals surface area contributed by atoms with Crippen molar-refractivity contribution in [3.8, 4) is 0 Å². The molecule has 20 heavy (non-hydrogen) atoms. The molecular weight excluding hydrogens is 280 g/mol. The van der Waals surface area contributed by atoms with Gasteiger partial charge in [-0.1, -0.05) is 24.4 Å². The maximum Gasteiger partial charge on any atom is 0.308 e. The molecule has 108 valence electrons. The predicted molar refractivity (Wildman–Crippen MR) is 74.7 cm³/mol. The quantitative estimate of drug-likeness (QED) is 0.898. The Balaban J connectivity index is 2.15. The Labute approximate surface area is 122 Å². The Bertz CT molecular complexity index is 518. The Kier molecular flexibility index (Phi) is 4.28. The van der Waals surface area contributed by atoms with E-state index in [0.717, 1.165) is 12.8 Å². The predicted octanol–water partition coefficient (Wildman–Crippen LogP) is 2.50. The summed E-state index contributed by atoms with van der Waals surface area (Å²) in [6.07, 6.45) is 4.42. The standard InChI is InChI=1S/C14H17ClN2O3/c1-14(7-3-2-4-10(14)13(19)20)17-12(18)11-6-5-9(15)8-16-11/h5-6,8,10H,2-4,7H2,1H3,(H,17,18)(H,19,20). The number of nitrogens with one attached hydrogen (secondary N) is 1. The topological polar surface area (TPSA) is 79.3 Å². The Hall–Kier alpha value is -1.62. The molecule has 2 rings (SSSR count). The van der Waals surface area contributed by atoms with Gasteiger partial charge in [-0.25, -0.2) is 4.98 Å². The molecule has 2 atom stereocenters. The number of carboxylic acid groups (broad SMARTS) is 1. The van der Waals surface area contributed by atoms with E-state index in [1.165, 1.54) is 12.3 Å². The number of carboxylic acids is 1. The summed E-state index contributed by atoms with van der Waals surface area (Å²) in [7, 11) is 0. The SMILES string of the molecule is CC1(NC(=O)c2ccc(Cl)cn2)CCCCC1C(=O)O. The minimum absolute atomic E-state index is 0.241. The van der Waals surface area contributed by atoms with Gasteiger partial charge in [0.05, 0.1) is 16.5 Å². The Morgan fingerprint density at radius 1 is 1.45 bits per heavy atom. The Morgan fingerprint density at radius 3 is 2.80 bits per heavy atom. The van der Waals surface area contributed by atoms with Gasteiger partial charge in [0.25, 0.3) is 5.91 Å². The molecule has 1 fully saturated rings. The molecule has 2 N–H and O–H groups in total. The van der Waals surface area contributed by atoms with Gasteiger partial charge in [0.1, 0.15) is 5.69 Å². The molecule has 0 bridgehead atoms. The molecule has 0 saturated heterocycles. The van der Waals surface area contributed by atoms with Crippen LogP contribution in [0.4, 0.5) is 0 Å². The zero-order valence-electron chi connectivity index (χ0n) is 11.2. The number of rotatable bonds is 3. The number of aromatic nitrogens is 1. The average molecular weight is 297 g/mol. The molecule has 6 heteroatoms. The van der Waals surface area contributed by atoms with Crippen molar-refractivity contribution in [2.75, 3.05) is 0 Å². The zero-order chi connectivity index (χ0) is 14.8. The van der Waals surface area contributed by atoms with Gasteiger partial charge in [-0.05, 0) is 31.9 Å². The number of carbonyl (C=O) groups is 2. The van der Waals surface area contributed by atoms with E-state index in [9.17, 15) is 14.7 Å². The van der Waals surface area contributed by atoms with Gasteiger partial charge in [-0.2, -0.15) is 0 Å². The van der Waals surface area contributed by atoms with Crippen molar-refractivity contribution in [1.29, 1.82) is 0 Å². The molecule has 0 aliphatic heterocycles. The molecule has 0 spiro atoms. The van der Waals surface area contributed by atoms with Gasteiger partial charge >= 0.3 is 5.97 Å². The maximum absolute atomic E-state index is 12.2.